The summed E-state index contributed by atoms with van der Waals surface area (Å²) >= 11 is 0. The van der Waals surface area contributed by atoms with Gasteiger partial charge in [-0.3, -0.25) is 4.79 Å². The highest BCUT2D eigenvalue weighted by atomic mass is 16.5. The summed E-state index contributed by atoms with van der Waals surface area (Å²) in [5, 5.41) is 9.68. The molecule has 0 spiro atoms. The predicted molar refractivity (Wildman–Crippen MR) is 74.5 cm³/mol. The van der Waals surface area contributed by atoms with Gasteiger partial charge in [-0.2, -0.15) is 0 Å². The minimum absolute atomic E-state index is 0.153. The zero-order valence-electron chi connectivity index (χ0n) is 12.1. The van der Waals surface area contributed by atoms with Gasteiger partial charge < -0.3 is 9.84 Å². The van der Waals surface area contributed by atoms with E-state index in [1.165, 1.54) is 19.3 Å². The number of aliphatic hydroxyl groups excluding tert-OH is 1. The molecule has 3 heteroatoms. The molecule has 0 aromatic carbocycles. The van der Waals surface area contributed by atoms with Crippen LogP contribution in [-0.4, -0.2) is 23.8 Å². The van der Waals surface area contributed by atoms with Crippen LogP contribution in [0.25, 0.3) is 0 Å². The van der Waals surface area contributed by atoms with E-state index in [0.29, 0.717) is 13.0 Å². The molecule has 1 unspecified atom stereocenters. The molecule has 0 aromatic heterocycles. The van der Waals surface area contributed by atoms with Gasteiger partial charge in [0.2, 0.25) is 0 Å². The molecule has 0 amide bonds. The minimum Gasteiger partial charge on any atom is -0.466 e. The molecule has 0 saturated carbocycles. The summed E-state index contributed by atoms with van der Waals surface area (Å²) in [7, 11) is 0. The second-order valence-corrected chi connectivity index (χ2v) is 4.99. The van der Waals surface area contributed by atoms with Gasteiger partial charge >= 0.3 is 5.97 Å². The van der Waals surface area contributed by atoms with E-state index in [-0.39, 0.29) is 12.4 Å². The van der Waals surface area contributed by atoms with Crippen LogP contribution < -0.4 is 0 Å². The molecule has 0 rings (SSSR count). The van der Waals surface area contributed by atoms with Crippen LogP contribution >= 0.6 is 0 Å². The first-order valence-corrected chi connectivity index (χ1v) is 7.54. The lowest BCUT2D eigenvalue weighted by Crippen LogP contribution is -2.16. The van der Waals surface area contributed by atoms with Crippen molar-refractivity contribution >= 4 is 5.97 Å². The Morgan fingerprint density at radius 3 is 2.28 bits per heavy atom. The fourth-order valence-corrected chi connectivity index (χ4v) is 1.87. The van der Waals surface area contributed by atoms with Gasteiger partial charge in [0.1, 0.15) is 0 Å². The van der Waals surface area contributed by atoms with Crippen LogP contribution in [0.1, 0.15) is 78.1 Å². The predicted octanol–water partition coefficient (Wildman–Crippen LogP) is 3.83. The molecule has 0 aliphatic heterocycles. The highest BCUT2D eigenvalue weighted by molar-refractivity contribution is 5.69. The maximum absolute atomic E-state index is 11.4. The fraction of sp³-hybridized carbons (Fsp3) is 0.933. The SMILES string of the molecule is CCCCCCCC(O)CC(=O)OCCCCC. The first kappa shape index (κ1) is 17.4. The standard InChI is InChI=1S/C15H30O3/c1-3-5-7-8-9-11-14(16)13-15(17)18-12-10-6-4-2/h14,16H,3-13H2,1-2H3. The summed E-state index contributed by atoms with van der Waals surface area (Å²) in [6.07, 6.45) is 9.35. The molecular formula is C15H30O3. The zero-order valence-corrected chi connectivity index (χ0v) is 12.1. The smallest absolute Gasteiger partial charge is 0.308 e. The Morgan fingerprint density at radius 1 is 1.00 bits per heavy atom. The summed E-state index contributed by atoms with van der Waals surface area (Å²) in [5.41, 5.74) is 0. The number of carbonyl (C=O) groups is 1. The first-order valence-electron chi connectivity index (χ1n) is 7.54. The highest BCUT2D eigenvalue weighted by Gasteiger charge is 2.11. The summed E-state index contributed by atoms with van der Waals surface area (Å²) in [5.74, 6) is -0.257. The number of unbranched alkanes of at least 4 members (excludes halogenated alkanes) is 6. The number of esters is 1. The molecule has 0 aliphatic rings. The molecule has 1 atom stereocenters. The van der Waals surface area contributed by atoms with Crippen LogP contribution in [0.3, 0.4) is 0 Å². The Kier molecular flexibility index (Phi) is 12.5. The maximum Gasteiger partial charge on any atom is 0.308 e. The highest BCUT2D eigenvalue weighted by Crippen LogP contribution is 2.09. The monoisotopic (exact) mass is 258 g/mol. The molecule has 108 valence electrons. The first-order chi connectivity index (χ1) is 8.70. The van der Waals surface area contributed by atoms with Crippen molar-refractivity contribution in [2.45, 2.75) is 84.2 Å². The Bertz CT molecular complexity index is 192. The van der Waals surface area contributed by atoms with Crippen molar-refractivity contribution in [1.82, 2.24) is 0 Å². The van der Waals surface area contributed by atoms with Gasteiger partial charge in [0.15, 0.2) is 0 Å². The lowest BCUT2D eigenvalue weighted by Gasteiger charge is -2.10. The number of aliphatic hydroxyl groups is 1. The number of carbonyl (C=O) groups excluding carboxylic acids is 1. The van der Waals surface area contributed by atoms with Crippen molar-refractivity contribution in [3.05, 3.63) is 0 Å². The third-order valence-corrected chi connectivity index (χ3v) is 3.05. The van der Waals surface area contributed by atoms with E-state index < -0.39 is 6.10 Å². The van der Waals surface area contributed by atoms with E-state index in [9.17, 15) is 9.90 Å². The van der Waals surface area contributed by atoms with Crippen molar-refractivity contribution in [2.24, 2.45) is 0 Å². The van der Waals surface area contributed by atoms with E-state index in [0.717, 1.165) is 32.1 Å². The van der Waals surface area contributed by atoms with Crippen molar-refractivity contribution in [1.29, 1.82) is 0 Å². The average Bonchev–Trinajstić information content (AvgIpc) is 2.34. The Morgan fingerprint density at radius 2 is 1.61 bits per heavy atom. The Labute approximate surface area is 112 Å². The van der Waals surface area contributed by atoms with Crippen molar-refractivity contribution < 1.29 is 14.6 Å². The zero-order chi connectivity index (χ0) is 13.6. The van der Waals surface area contributed by atoms with Crippen molar-refractivity contribution in [3.63, 3.8) is 0 Å². The van der Waals surface area contributed by atoms with Gasteiger partial charge in [0.05, 0.1) is 19.1 Å². The summed E-state index contributed by atoms with van der Waals surface area (Å²) in [6.45, 7) is 4.80. The van der Waals surface area contributed by atoms with Crippen LogP contribution in [0, 0.1) is 0 Å². The van der Waals surface area contributed by atoms with Crippen LogP contribution in [0.4, 0.5) is 0 Å². The second kappa shape index (κ2) is 12.9. The largest absolute Gasteiger partial charge is 0.466 e. The van der Waals surface area contributed by atoms with Gasteiger partial charge in [-0.1, -0.05) is 58.8 Å². The van der Waals surface area contributed by atoms with Crippen LogP contribution in [0.5, 0.6) is 0 Å². The lowest BCUT2D eigenvalue weighted by molar-refractivity contribution is -0.146. The molecule has 0 fully saturated rings. The van der Waals surface area contributed by atoms with E-state index >= 15 is 0 Å². The number of ether oxygens (including phenoxy) is 1. The van der Waals surface area contributed by atoms with E-state index in [4.69, 9.17) is 4.74 Å². The Hall–Kier alpha value is -0.570. The van der Waals surface area contributed by atoms with E-state index in [1.54, 1.807) is 0 Å². The summed E-state index contributed by atoms with van der Waals surface area (Å²) < 4.78 is 5.06. The quantitative estimate of drug-likeness (QED) is 0.427. The molecule has 0 aliphatic carbocycles. The van der Waals surface area contributed by atoms with Gasteiger partial charge in [-0.05, 0) is 12.8 Å². The lowest BCUT2D eigenvalue weighted by atomic mass is 10.1. The molecule has 18 heavy (non-hydrogen) atoms. The van der Waals surface area contributed by atoms with Gasteiger partial charge in [0, 0.05) is 0 Å². The van der Waals surface area contributed by atoms with Gasteiger partial charge in [-0.25, -0.2) is 0 Å². The molecule has 0 saturated heterocycles. The minimum atomic E-state index is -0.523. The molecule has 1 N–H and O–H groups in total. The molecule has 0 bridgehead atoms. The molecular weight excluding hydrogens is 228 g/mol. The Balaban J connectivity index is 3.37. The summed E-state index contributed by atoms with van der Waals surface area (Å²) in [4.78, 5) is 11.4. The van der Waals surface area contributed by atoms with Crippen LogP contribution in [0.2, 0.25) is 0 Å². The van der Waals surface area contributed by atoms with Crippen LogP contribution in [-0.2, 0) is 9.53 Å². The van der Waals surface area contributed by atoms with Crippen molar-refractivity contribution in [2.75, 3.05) is 6.61 Å². The molecule has 3 nitrogen and oxygen atoms in total. The molecule has 0 heterocycles. The topological polar surface area (TPSA) is 46.5 Å². The second-order valence-electron chi connectivity index (χ2n) is 4.99. The summed E-state index contributed by atoms with van der Waals surface area (Å²) in [6, 6.07) is 0. The third-order valence-electron chi connectivity index (χ3n) is 3.05. The average molecular weight is 258 g/mol. The van der Waals surface area contributed by atoms with Gasteiger partial charge in [-0.15, -0.1) is 0 Å². The number of hydrogen-bond acceptors (Lipinski definition) is 3. The fourth-order valence-electron chi connectivity index (χ4n) is 1.87. The molecule has 0 radical (unpaired) electrons. The van der Waals surface area contributed by atoms with Crippen molar-refractivity contribution in [3.8, 4) is 0 Å². The van der Waals surface area contributed by atoms with Gasteiger partial charge in [0.25, 0.3) is 0 Å². The maximum atomic E-state index is 11.4. The number of hydrogen-bond donors (Lipinski definition) is 1. The van der Waals surface area contributed by atoms with Crippen LogP contribution in [0.15, 0.2) is 0 Å². The number of rotatable bonds is 12. The molecule has 0 aromatic rings. The van der Waals surface area contributed by atoms with E-state index in [1.807, 2.05) is 0 Å². The third kappa shape index (κ3) is 11.9. The van der Waals surface area contributed by atoms with E-state index in [2.05, 4.69) is 13.8 Å². The normalized spacial score (nSPS) is 12.4.